The Labute approximate surface area is 136 Å². The van der Waals surface area contributed by atoms with E-state index in [4.69, 9.17) is 11.6 Å². The van der Waals surface area contributed by atoms with Gasteiger partial charge in [0, 0.05) is 28.6 Å². The maximum atomic E-state index is 12.0. The first-order chi connectivity index (χ1) is 10.2. The number of hydrogen-bond donors (Lipinski definition) is 1. The third kappa shape index (κ3) is 4.17. The molecule has 3 rings (SSSR count). The van der Waals surface area contributed by atoms with E-state index in [1.54, 1.807) is 11.8 Å². The van der Waals surface area contributed by atoms with Gasteiger partial charge in [0.1, 0.15) is 0 Å². The fourth-order valence-electron chi connectivity index (χ4n) is 3.83. The van der Waals surface area contributed by atoms with Crippen molar-refractivity contribution in [2.24, 2.45) is 17.8 Å². The lowest BCUT2D eigenvalue weighted by Crippen LogP contribution is -2.29. The number of fused-ring (bicyclic) bond motifs is 2. The highest BCUT2D eigenvalue weighted by atomic mass is 35.5. The van der Waals surface area contributed by atoms with Gasteiger partial charge < -0.3 is 5.32 Å². The van der Waals surface area contributed by atoms with Gasteiger partial charge >= 0.3 is 0 Å². The van der Waals surface area contributed by atoms with Crippen molar-refractivity contribution in [1.29, 1.82) is 0 Å². The molecule has 1 amide bonds. The molecule has 114 valence electrons. The van der Waals surface area contributed by atoms with Crippen molar-refractivity contribution in [3.05, 3.63) is 29.3 Å². The number of halogens is 1. The molecule has 0 spiro atoms. The number of nitrogens with one attached hydrogen (secondary N) is 1. The molecule has 0 heterocycles. The highest BCUT2D eigenvalue weighted by molar-refractivity contribution is 7.99. The van der Waals surface area contributed by atoms with Crippen LogP contribution in [0.15, 0.2) is 29.2 Å². The van der Waals surface area contributed by atoms with Crippen LogP contribution in [0.5, 0.6) is 0 Å². The zero-order valence-electron chi connectivity index (χ0n) is 12.2. The van der Waals surface area contributed by atoms with E-state index >= 15 is 0 Å². The Morgan fingerprint density at radius 3 is 2.71 bits per heavy atom. The largest absolute Gasteiger partial charge is 0.355 e. The van der Waals surface area contributed by atoms with Crippen LogP contribution in [0.3, 0.4) is 0 Å². The smallest absolute Gasteiger partial charge is 0.220 e. The second kappa shape index (κ2) is 7.06. The molecule has 1 aromatic carbocycles. The van der Waals surface area contributed by atoms with Gasteiger partial charge in [0.15, 0.2) is 0 Å². The topological polar surface area (TPSA) is 29.1 Å². The van der Waals surface area contributed by atoms with Crippen LogP contribution in [0.1, 0.15) is 32.1 Å². The van der Waals surface area contributed by atoms with Crippen molar-refractivity contribution in [3.8, 4) is 0 Å². The Kier molecular flexibility index (Phi) is 5.12. The Morgan fingerprint density at radius 2 is 2.05 bits per heavy atom. The van der Waals surface area contributed by atoms with Gasteiger partial charge in [0.25, 0.3) is 0 Å². The molecule has 4 heteroatoms. The molecular formula is C17H22ClNOS. The molecule has 0 unspecified atom stereocenters. The standard InChI is InChI=1S/C17H22ClNOS/c18-15-3-5-16(6-4-15)21-8-7-19-17(20)11-14-10-12-1-2-13(14)9-12/h3-6,12-14H,1-2,7-11H2,(H,19,20)/t12-,13-,14+/m1/s1. The predicted octanol–water partition coefficient (Wildman–Crippen LogP) is 4.37. The monoisotopic (exact) mass is 323 g/mol. The molecule has 0 radical (unpaired) electrons. The van der Waals surface area contributed by atoms with E-state index in [2.05, 4.69) is 5.32 Å². The molecule has 1 aromatic rings. The van der Waals surface area contributed by atoms with Crippen LogP contribution >= 0.6 is 23.4 Å². The van der Waals surface area contributed by atoms with Gasteiger partial charge in [-0.1, -0.05) is 18.0 Å². The van der Waals surface area contributed by atoms with Gasteiger partial charge in [0.2, 0.25) is 5.91 Å². The lowest BCUT2D eigenvalue weighted by atomic mass is 9.86. The number of carbonyl (C=O) groups is 1. The summed E-state index contributed by atoms with van der Waals surface area (Å²) in [7, 11) is 0. The number of rotatable bonds is 6. The summed E-state index contributed by atoms with van der Waals surface area (Å²) in [4.78, 5) is 13.2. The molecule has 2 saturated carbocycles. The van der Waals surface area contributed by atoms with E-state index in [9.17, 15) is 4.79 Å². The fraction of sp³-hybridized carbons (Fsp3) is 0.588. The minimum atomic E-state index is 0.240. The summed E-state index contributed by atoms with van der Waals surface area (Å²) in [5.41, 5.74) is 0. The highest BCUT2D eigenvalue weighted by Crippen LogP contribution is 2.49. The molecule has 2 bridgehead atoms. The summed E-state index contributed by atoms with van der Waals surface area (Å²) in [6, 6.07) is 7.84. The van der Waals surface area contributed by atoms with Crippen molar-refractivity contribution < 1.29 is 4.79 Å². The summed E-state index contributed by atoms with van der Waals surface area (Å²) in [6.07, 6.45) is 6.17. The molecule has 2 aliphatic rings. The number of thioether (sulfide) groups is 1. The van der Waals surface area contributed by atoms with Crippen LogP contribution in [0.25, 0.3) is 0 Å². The summed E-state index contributed by atoms with van der Waals surface area (Å²) in [5, 5.41) is 3.83. The minimum absolute atomic E-state index is 0.240. The molecule has 2 aliphatic carbocycles. The SMILES string of the molecule is O=C(C[C@@H]1C[C@@H]2CC[C@@H]1C2)NCCSc1ccc(Cl)cc1. The normalized spacial score (nSPS) is 27.0. The van der Waals surface area contributed by atoms with Crippen molar-refractivity contribution >= 4 is 29.3 Å². The van der Waals surface area contributed by atoms with Gasteiger partial charge in [0.05, 0.1) is 0 Å². The predicted molar refractivity (Wildman–Crippen MR) is 88.7 cm³/mol. The lowest BCUT2D eigenvalue weighted by molar-refractivity contribution is -0.122. The van der Waals surface area contributed by atoms with E-state index in [-0.39, 0.29) is 5.91 Å². The number of carbonyl (C=O) groups excluding carboxylic acids is 1. The third-order valence-electron chi connectivity index (χ3n) is 4.84. The first-order valence-corrected chi connectivity index (χ1v) is 9.22. The first-order valence-electron chi connectivity index (χ1n) is 7.86. The van der Waals surface area contributed by atoms with Crippen LogP contribution in [0.4, 0.5) is 0 Å². The number of amides is 1. The van der Waals surface area contributed by atoms with Gasteiger partial charge in [-0.2, -0.15) is 0 Å². The van der Waals surface area contributed by atoms with Crippen molar-refractivity contribution in [1.82, 2.24) is 5.32 Å². The van der Waals surface area contributed by atoms with Crippen molar-refractivity contribution in [3.63, 3.8) is 0 Å². The average molecular weight is 324 g/mol. The molecular weight excluding hydrogens is 302 g/mol. The third-order valence-corrected chi connectivity index (χ3v) is 6.10. The summed E-state index contributed by atoms with van der Waals surface area (Å²) in [5.74, 6) is 3.57. The van der Waals surface area contributed by atoms with E-state index < -0.39 is 0 Å². The van der Waals surface area contributed by atoms with Gasteiger partial charge in [-0.25, -0.2) is 0 Å². The van der Waals surface area contributed by atoms with E-state index in [0.717, 1.165) is 35.6 Å². The summed E-state index contributed by atoms with van der Waals surface area (Å²) in [6.45, 7) is 0.743. The number of hydrogen-bond acceptors (Lipinski definition) is 2. The molecule has 21 heavy (non-hydrogen) atoms. The molecule has 0 aliphatic heterocycles. The second-order valence-electron chi connectivity index (χ2n) is 6.29. The molecule has 2 nitrogen and oxygen atoms in total. The zero-order valence-corrected chi connectivity index (χ0v) is 13.8. The van der Waals surface area contributed by atoms with Gasteiger partial charge in [-0.3, -0.25) is 4.79 Å². The summed E-state index contributed by atoms with van der Waals surface area (Å²) >= 11 is 7.61. The molecule has 3 atom stereocenters. The lowest BCUT2D eigenvalue weighted by Gasteiger charge is -2.20. The Morgan fingerprint density at radius 1 is 1.24 bits per heavy atom. The minimum Gasteiger partial charge on any atom is -0.355 e. The zero-order chi connectivity index (χ0) is 14.7. The quantitative estimate of drug-likeness (QED) is 0.622. The van der Waals surface area contributed by atoms with E-state index in [1.807, 2.05) is 24.3 Å². The second-order valence-corrected chi connectivity index (χ2v) is 7.90. The van der Waals surface area contributed by atoms with E-state index in [0.29, 0.717) is 5.92 Å². The molecule has 1 N–H and O–H groups in total. The molecule has 2 fully saturated rings. The van der Waals surface area contributed by atoms with Crippen molar-refractivity contribution in [2.45, 2.75) is 37.0 Å². The van der Waals surface area contributed by atoms with Crippen LogP contribution < -0.4 is 5.32 Å². The fourth-order valence-corrected chi connectivity index (χ4v) is 4.72. The number of benzene rings is 1. The van der Waals surface area contributed by atoms with Crippen LogP contribution in [-0.4, -0.2) is 18.2 Å². The Hall–Kier alpha value is -0.670. The highest BCUT2D eigenvalue weighted by Gasteiger charge is 2.39. The molecule has 0 aromatic heterocycles. The van der Waals surface area contributed by atoms with E-state index in [1.165, 1.54) is 30.6 Å². The maximum Gasteiger partial charge on any atom is 0.220 e. The summed E-state index contributed by atoms with van der Waals surface area (Å²) < 4.78 is 0. The maximum absolute atomic E-state index is 12.0. The average Bonchev–Trinajstić information content (AvgIpc) is 3.08. The van der Waals surface area contributed by atoms with Crippen LogP contribution in [0.2, 0.25) is 5.02 Å². The first kappa shape index (κ1) is 15.2. The van der Waals surface area contributed by atoms with Crippen LogP contribution in [-0.2, 0) is 4.79 Å². The van der Waals surface area contributed by atoms with Crippen molar-refractivity contribution in [2.75, 3.05) is 12.3 Å². The Balaban J connectivity index is 1.32. The molecule has 0 saturated heterocycles. The van der Waals surface area contributed by atoms with Gasteiger partial charge in [-0.05, 0) is 61.3 Å². The van der Waals surface area contributed by atoms with Crippen LogP contribution in [0, 0.1) is 17.8 Å². The Bertz CT molecular complexity index is 490. The van der Waals surface area contributed by atoms with Gasteiger partial charge in [-0.15, -0.1) is 11.8 Å².